The number of aromatic nitrogens is 1. The number of hydrogen-bond acceptors (Lipinski definition) is 3. The predicted molar refractivity (Wildman–Crippen MR) is 136 cm³/mol. The minimum absolute atomic E-state index is 0.0846. The highest BCUT2D eigenvalue weighted by molar-refractivity contribution is 6.30. The van der Waals surface area contributed by atoms with Crippen LogP contribution in [0.3, 0.4) is 0 Å². The van der Waals surface area contributed by atoms with Crippen LogP contribution in [0.5, 0.6) is 0 Å². The maximum atomic E-state index is 13.9. The van der Waals surface area contributed by atoms with E-state index in [0.717, 1.165) is 36.9 Å². The largest absolute Gasteiger partial charge is 0.463 e. The van der Waals surface area contributed by atoms with E-state index in [1.807, 2.05) is 60.0 Å². The molecule has 3 heterocycles. The van der Waals surface area contributed by atoms with Gasteiger partial charge in [-0.25, -0.2) is 0 Å². The zero-order valence-corrected chi connectivity index (χ0v) is 20.9. The molecule has 1 aliphatic heterocycles. The summed E-state index contributed by atoms with van der Waals surface area (Å²) in [5.41, 5.74) is 1.44. The topological polar surface area (TPSA) is 67.5 Å². The molecular formula is C28H32ClN3O3. The summed E-state index contributed by atoms with van der Waals surface area (Å²) >= 11 is 6.05. The Labute approximate surface area is 211 Å². The Kier molecular flexibility index (Phi) is 6.74. The molecule has 0 spiro atoms. The highest BCUT2D eigenvalue weighted by atomic mass is 35.5. The minimum Gasteiger partial charge on any atom is -0.463 e. The van der Waals surface area contributed by atoms with E-state index >= 15 is 0 Å². The highest BCUT2D eigenvalue weighted by Crippen LogP contribution is 2.34. The Balaban J connectivity index is 1.46. The van der Waals surface area contributed by atoms with Gasteiger partial charge in [-0.3, -0.25) is 9.59 Å². The van der Waals surface area contributed by atoms with E-state index in [9.17, 15) is 9.59 Å². The Morgan fingerprint density at radius 1 is 1.06 bits per heavy atom. The average molecular weight is 494 g/mol. The van der Waals surface area contributed by atoms with Gasteiger partial charge in [-0.1, -0.05) is 49.4 Å². The van der Waals surface area contributed by atoms with Crippen LogP contribution in [-0.4, -0.2) is 39.4 Å². The van der Waals surface area contributed by atoms with Gasteiger partial charge in [0.2, 0.25) is 5.91 Å². The molecule has 1 fully saturated rings. The second kappa shape index (κ2) is 9.94. The number of carbonyl (C=O) groups is 2. The van der Waals surface area contributed by atoms with Crippen molar-refractivity contribution in [3.63, 3.8) is 0 Å². The van der Waals surface area contributed by atoms with Crippen LogP contribution in [0.25, 0.3) is 11.5 Å². The number of nitrogens with zero attached hydrogens (tertiary/aromatic N) is 2. The van der Waals surface area contributed by atoms with Crippen LogP contribution in [-0.2, 0) is 17.8 Å². The van der Waals surface area contributed by atoms with Crippen molar-refractivity contribution in [2.75, 3.05) is 6.54 Å². The van der Waals surface area contributed by atoms with Crippen LogP contribution >= 0.6 is 11.6 Å². The fourth-order valence-electron chi connectivity index (χ4n) is 5.42. The summed E-state index contributed by atoms with van der Waals surface area (Å²) in [6, 6.07) is 15.2. The monoisotopic (exact) mass is 493 g/mol. The van der Waals surface area contributed by atoms with E-state index in [1.165, 1.54) is 12.8 Å². The standard InChI is InChI=1S/C28H32ClN3O3/c1-28(27(34)30-22-7-4-2-3-5-8-22)19-31-23(25-9-6-18-35-25)14-15-24(31)26(33)32(28)17-16-20-10-12-21(29)13-11-20/h6,9-15,18,22H,2-5,7-8,16-17,19H2,1H3,(H,30,34). The second-order valence-electron chi connectivity index (χ2n) is 9.94. The number of amides is 2. The molecule has 0 radical (unpaired) electrons. The van der Waals surface area contributed by atoms with E-state index in [-0.39, 0.29) is 17.9 Å². The van der Waals surface area contributed by atoms with Crippen molar-refractivity contribution < 1.29 is 14.0 Å². The Bertz CT molecular complexity index is 1180. The summed E-state index contributed by atoms with van der Waals surface area (Å²) in [6.07, 6.45) is 8.94. The number of halogens is 1. The lowest BCUT2D eigenvalue weighted by Crippen LogP contribution is -2.65. The third-order valence-corrected chi connectivity index (χ3v) is 7.75. The lowest BCUT2D eigenvalue weighted by atomic mass is 9.93. The van der Waals surface area contributed by atoms with Crippen molar-refractivity contribution in [2.24, 2.45) is 0 Å². The van der Waals surface area contributed by atoms with Crippen LogP contribution in [0.15, 0.2) is 59.2 Å². The van der Waals surface area contributed by atoms with Gasteiger partial charge in [-0.05, 0) is 68.1 Å². The van der Waals surface area contributed by atoms with Gasteiger partial charge >= 0.3 is 0 Å². The molecule has 1 aromatic carbocycles. The van der Waals surface area contributed by atoms with Crippen LogP contribution < -0.4 is 5.32 Å². The lowest BCUT2D eigenvalue weighted by Gasteiger charge is -2.45. The molecule has 2 amide bonds. The molecule has 1 atom stereocenters. The number of fused-ring (bicyclic) bond motifs is 1. The van der Waals surface area contributed by atoms with E-state index in [0.29, 0.717) is 36.0 Å². The van der Waals surface area contributed by atoms with Crippen LogP contribution in [0.1, 0.15) is 61.5 Å². The molecule has 2 aromatic heterocycles. The summed E-state index contributed by atoms with van der Waals surface area (Å²) in [5, 5.41) is 3.99. The summed E-state index contributed by atoms with van der Waals surface area (Å²) < 4.78 is 7.57. The first-order valence-electron chi connectivity index (χ1n) is 12.6. The number of carbonyl (C=O) groups excluding carboxylic acids is 2. The molecule has 1 aliphatic carbocycles. The third-order valence-electron chi connectivity index (χ3n) is 7.50. The first-order chi connectivity index (χ1) is 17.0. The lowest BCUT2D eigenvalue weighted by molar-refractivity contribution is -0.133. The molecular weight excluding hydrogens is 462 g/mol. The Morgan fingerprint density at radius 2 is 1.77 bits per heavy atom. The van der Waals surface area contributed by atoms with Gasteiger partial charge in [0.05, 0.1) is 18.5 Å². The predicted octanol–water partition coefficient (Wildman–Crippen LogP) is 5.70. The molecule has 3 aromatic rings. The molecule has 1 N–H and O–H groups in total. The number of nitrogens with one attached hydrogen (secondary N) is 1. The summed E-state index contributed by atoms with van der Waals surface area (Å²) in [6.45, 7) is 2.71. The highest BCUT2D eigenvalue weighted by Gasteiger charge is 2.48. The number of furan rings is 1. The maximum Gasteiger partial charge on any atom is 0.271 e. The SMILES string of the molecule is CC1(C(=O)NC2CCCCCC2)Cn2c(ccc2-c2ccco2)C(=O)N1CCc1ccc(Cl)cc1. The third kappa shape index (κ3) is 4.76. The maximum absolute atomic E-state index is 13.9. The van der Waals surface area contributed by atoms with Crippen molar-refractivity contribution in [3.05, 3.63) is 71.1 Å². The van der Waals surface area contributed by atoms with Crippen molar-refractivity contribution in [2.45, 2.75) is 70.0 Å². The Hall–Kier alpha value is -2.99. The van der Waals surface area contributed by atoms with Gasteiger partial charge in [0.15, 0.2) is 0 Å². The van der Waals surface area contributed by atoms with E-state index in [1.54, 1.807) is 11.2 Å². The molecule has 0 saturated heterocycles. The van der Waals surface area contributed by atoms with E-state index in [2.05, 4.69) is 5.32 Å². The molecule has 7 heteroatoms. The van der Waals surface area contributed by atoms with Gasteiger partial charge in [-0.2, -0.15) is 0 Å². The summed E-state index contributed by atoms with van der Waals surface area (Å²) in [7, 11) is 0. The first-order valence-corrected chi connectivity index (χ1v) is 12.9. The number of rotatable bonds is 6. The molecule has 184 valence electrons. The second-order valence-corrected chi connectivity index (χ2v) is 10.4. The summed E-state index contributed by atoms with van der Waals surface area (Å²) in [4.78, 5) is 29.5. The first kappa shape index (κ1) is 23.7. The van der Waals surface area contributed by atoms with Gasteiger partial charge < -0.3 is 19.2 Å². The average Bonchev–Trinajstić information content (AvgIpc) is 3.45. The van der Waals surface area contributed by atoms with Gasteiger partial charge in [-0.15, -0.1) is 0 Å². The zero-order chi connectivity index (χ0) is 24.4. The molecule has 1 saturated carbocycles. The van der Waals surface area contributed by atoms with Crippen LogP contribution in [0.4, 0.5) is 0 Å². The van der Waals surface area contributed by atoms with Crippen LogP contribution in [0, 0.1) is 0 Å². The van der Waals surface area contributed by atoms with E-state index < -0.39 is 5.54 Å². The molecule has 6 nitrogen and oxygen atoms in total. The minimum atomic E-state index is -1.02. The fraction of sp³-hybridized carbons (Fsp3) is 0.429. The summed E-state index contributed by atoms with van der Waals surface area (Å²) in [5.74, 6) is 0.463. The molecule has 0 bridgehead atoms. The van der Waals surface area contributed by atoms with E-state index in [4.69, 9.17) is 16.0 Å². The van der Waals surface area contributed by atoms with Crippen molar-refractivity contribution >= 4 is 23.4 Å². The van der Waals surface area contributed by atoms with Crippen molar-refractivity contribution in [3.8, 4) is 11.5 Å². The molecule has 1 unspecified atom stereocenters. The Morgan fingerprint density at radius 3 is 2.46 bits per heavy atom. The smallest absolute Gasteiger partial charge is 0.271 e. The van der Waals surface area contributed by atoms with Gasteiger partial charge in [0.25, 0.3) is 5.91 Å². The van der Waals surface area contributed by atoms with Gasteiger partial charge in [0.1, 0.15) is 17.0 Å². The number of benzene rings is 1. The van der Waals surface area contributed by atoms with Crippen LogP contribution in [0.2, 0.25) is 5.02 Å². The number of hydrogen-bond donors (Lipinski definition) is 1. The normalized spacial score (nSPS) is 21.0. The zero-order valence-electron chi connectivity index (χ0n) is 20.1. The quantitative estimate of drug-likeness (QED) is 0.448. The molecule has 2 aliphatic rings. The fourth-order valence-corrected chi connectivity index (χ4v) is 5.54. The molecule has 5 rings (SSSR count). The van der Waals surface area contributed by atoms with Gasteiger partial charge in [0, 0.05) is 17.6 Å². The molecule has 35 heavy (non-hydrogen) atoms. The van der Waals surface area contributed by atoms with Crippen molar-refractivity contribution in [1.82, 2.24) is 14.8 Å². The van der Waals surface area contributed by atoms with Crippen molar-refractivity contribution in [1.29, 1.82) is 0 Å².